The summed E-state index contributed by atoms with van der Waals surface area (Å²) in [6, 6.07) is 19.8. The Labute approximate surface area is 203 Å². The molecule has 0 aliphatic carbocycles. The van der Waals surface area contributed by atoms with Crippen LogP contribution in [0.4, 0.5) is 0 Å². The Morgan fingerprint density at radius 2 is 1.68 bits per heavy atom. The zero-order chi connectivity index (χ0) is 24.1. The molecule has 0 saturated carbocycles. The minimum Gasteiger partial charge on any atom is -0.497 e. The number of aryl methyl sites for hydroxylation is 1. The lowest BCUT2D eigenvalue weighted by Gasteiger charge is -2.12. The first-order valence-corrected chi connectivity index (χ1v) is 11.7. The molecule has 3 aromatic carbocycles. The average Bonchev–Trinajstić information content (AvgIpc) is 3.21. The molecule has 0 aliphatic heterocycles. The predicted molar refractivity (Wildman–Crippen MR) is 137 cm³/mol. The fourth-order valence-electron chi connectivity index (χ4n) is 3.57. The van der Waals surface area contributed by atoms with Crippen LogP contribution in [0.25, 0.3) is 26.6 Å². The van der Waals surface area contributed by atoms with E-state index in [0.717, 1.165) is 54.7 Å². The van der Waals surface area contributed by atoms with Crippen molar-refractivity contribution in [3.8, 4) is 33.4 Å². The molecule has 0 saturated heterocycles. The molecule has 0 aliphatic rings. The molecule has 0 bridgehead atoms. The van der Waals surface area contributed by atoms with Gasteiger partial charge in [-0.1, -0.05) is 6.07 Å². The van der Waals surface area contributed by atoms with Crippen molar-refractivity contribution < 1.29 is 23.7 Å². The lowest BCUT2D eigenvalue weighted by atomic mass is 10.1. The van der Waals surface area contributed by atoms with E-state index >= 15 is 0 Å². The lowest BCUT2D eigenvalue weighted by molar-refractivity contribution is -0.137. The number of hydrogen-bond acceptors (Lipinski definition) is 6. The number of methoxy groups -OCH3 is 2. The highest BCUT2D eigenvalue weighted by Gasteiger charge is 2.18. The maximum absolute atomic E-state index is 11.6. The normalized spacial score (nSPS) is 11.1. The van der Waals surface area contributed by atoms with Gasteiger partial charge in [-0.25, -0.2) is 4.79 Å². The Morgan fingerprint density at radius 3 is 2.35 bits per heavy atom. The molecule has 0 spiro atoms. The third-order valence-corrected chi connectivity index (χ3v) is 6.50. The summed E-state index contributed by atoms with van der Waals surface area (Å²) in [7, 11) is 3.32. The zero-order valence-electron chi connectivity index (χ0n) is 19.6. The molecular weight excluding hydrogens is 448 g/mol. The van der Waals surface area contributed by atoms with Crippen LogP contribution in [0.2, 0.25) is 0 Å². The van der Waals surface area contributed by atoms with E-state index in [1.54, 1.807) is 38.6 Å². The van der Waals surface area contributed by atoms with Gasteiger partial charge in [-0.3, -0.25) is 0 Å². The predicted octanol–water partition coefficient (Wildman–Crippen LogP) is 7.26. The Morgan fingerprint density at radius 1 is 0.941 bits per heavy atom. The summed E-state index contributed by atoms with van der Waals surface area (Å²) in [4.78, 5) is 12.6. The summed E-state index contributed by atoms with van der Waals surface area (Å²) in [6.07, 6.45) is 3.17. The topological polar surface area (TPSA) is 54.0 Å². The van der Waals surface area contributed by atoms with Gasteiger partial charge >= 0.3 is 5.97 Å². The number of carbonyl (C=O) groups is 1. The van der Waals surface area contributed by atoms with Crippen LogP contribution in [-0.2, 0) is 9.53 Å². The molecule has 6 heteroatoms. The summed E-state index contributed by atoms with van der Waals surface area (Å²) >= 11 is 1.66. The molecule has 4 rings (SSSR count). The molecule has 5 nitrogen and oxygen atoms in total. The van der Waals surface area contributed by atoms with Crippen LogP contribution >= 0.6 is 11.3 Å². The maximum Gasteiger partial charge on any atom is 0.330 e. The number of thiophene rings is 1. The molecule has 4 aromatic rings. The maximum atomic E-state index is 11.6. The van der Waals surface area contributed by atoms with E-state index in [1.165, 1.54) is 6.08 Å². The van der Waals surface area contributed by atoms with Gasteiger partial charge in [-0.2, -0.15) is 0 Å². The number of hydrogen-bond donors (Lipinski definition) is 0. The fraction of sp³-hybridized carbons (Fsp3) is 0.179. The second-order valence-electron chi connectivity index (χ2n) is 7.56. The van der Waals surface area contributed by atoms with E-state index in [1.807, 2.05) is 67.6 Å². The SMILES string of the molecule is CCOC(=O)C=Cc1ccc(Oc2c(-c3ccc(OC)cc3)sc3cc(OC)ccc23)c(C)c1. The molecule has 0 atom stereocenters. The Bertz CT molecular complexity index is 1340. The van der Waals surface area contributed by atoms with Gasteiger partial charge in [0.2, 0.25) is 0 Å². The Hall–Kier alpha value is -3.77. The minimum absolute atomic E-state index is 0.353. The van der Waals surface area contributed by atoms with Gasteiger partial charge in [-0.05, 0) is 91.2 Å². The van der Waals surface area contributed by atoms with E-state index in [0.29, 0.717) is 6.61 Å². The van der Waals surface area contributed by atoms with Crippen molar-refractivity contribution in [2.75, 3.05) is 20.8 Å². The summed E-state index contributed by atoms with van der Waals surface area (Å²) in [5, 5.41) is 1.02. The van der Waals surface area contributed by atoms with Crippen LogP contribution in [0.1, 0.15) is 18.1 Å². The van der Waals surface area contributed by atoms with Crippen molar-refractivity contribution in [1.29, 1.82) is 0 Å². The van der Waals surface area contributed by atoms with Crippen molar-refractivity contribution >= 4 is 33.5 Å². The number of carbonyl (C=O) groups excluding carboxylic acids is 1. The monoisotopic (exact) mass is 474 g/mol. The first-order valence-electron chi connectivity index (χ1n) is 10.9. The molecule has 174 valence electrons. The molecule has 34 heavy (non-hydrogen) atoms. The smallest absolute Gasteiger partial charge is 0.330 e. The molecule has 0 unspecified atom stereocenters. The third-order valence-electron chi connectivity index (χ3n) is 5.31. The molecule has 0 amide bonds. The van der Waals surface area contributed by atoms with Crippen LogP contribution in [0, 0.1) is 6.92 Å². The first-order chi connectivity index (χ1) is 16.5. The van der Waals surface area contributed by atoms with Gasteiger partial charge in [0.25, 0.3) is 0 Å². The second-order valence-corrected chi connectivity index (χ2v) is 8.62. The number of rotatable bonds is 8. The molecular formula is C28H26O5S. The van der Waals surface area contributed by atoms with E-state index in [9.17, 15) is 4.79 Å². The highest BCUT2D eigenvalue weighted by atomic mass is 32.1. The standard InChI is InChI=1S/C28H26O5S/c1-5-32-26(29)15-7-19-6-14-24(18(2)16-19)33-27-23-13-12-22(31-4)17-25(23)34-28(27)20-8-10-21(30-3)11-9-20/h6-17H,5H2,1-4H3. The van der Waals surface area contributed by atoms with Gasteiger partial charge in [0.15, 0.2) is 5.75 Å². The van der Waals surface area contributed by atoms with Crippen molar-refractivity contribution in [2.24, 2.45) is 0 Å². The van der Waals surface area contributed by atoms with E-state index in [2.05, 4.69) is 0 Å². The van der Waals surface area contributed by atoms with E-state index in [4.69, 9.17) is 18.9 Å². The van der Waals surface area contributed by atoms with Gasteiger partial charge in [0.05, 0.1) is 25.7 Å². The van der Waals surface area contributed by atoms with Crippen molar-refractivity contribution in [3.05, 3.63) is 77.9 Å². The number of benzene rings is 3. The Balaban J connectivity index is 1.72. The molecule has 0 radical (unpaired) electrons. The Kier molecular flexibility index (Phi) is 7.18. The minimum atomic E-state index is -0.357. The number of fused-ring (bicyclic) bond motifs is 1. The summed E-state index contributed by atoms with van der Waals surface area (Å²) < 4.78 is 23.3. The summed E-state index contributed by atoms with van der Waals surface area (Å²) in [5.41, 5.74) is 2.90. The highest BCUT2D eigenvalue weighted by molar-refractivity contribution is 7.22. The van der Waals surface area contributed by atoms with Crippen LogP contribution in [-0.4, -0.2) is 26.8 Å². The van der Waals surface area contributed by atoms with Gasteiger partial charge < -0.3 is 18.9 Å². The second kappa shape index (κ2) is 10.4. The zero-order valence-corrected chi connectivity index (χ0v) is 20.4. The lowest BCUT2D eigenvalue weighted by Crippen LogP contribution is -1.98. The third kappa shape index (κ3) is 5.07. The fourth-order valence-corrected chi connectivity index (χ4v) is 4.73. The van der Waals surface area contributed by atoms with Gasteiger partial charge in [0.1, 0.15) is 17.2 Å². The van der Waals surface area contributed by atoms with Crippen molar-refractivity contribution in [3.63, 3.8) is 0 Å². The number of ether oxygens (including phenoxy) is 4. The van der Waals surface area contributed by atoms with Crippen molar-refractivity contribution in [2.45, 2.75) is 13.8 Å². The summed E-state index contributed by atoms with van der Waals surface area (Å²) in [6.45, 7) is 4.13. The number of esters is 1. The van der Waals surface area contributed by atoms with E-state index < -0.39 is 0 Å². The van der Waals surface area contributed by atoms with Crippen LogP contribution in [0.3, 0.4) is 0 Å². The average molecular weight is 475 g/mol. The van der Waals surface area contributed by atoms with Crippen molar-refractivity contribution in [1.82, 2.24) is 0 Å². The molecule has 1 aromatic heterocycles. The molecule has 0 N–H and O–H groups in total. The summed E-state index contributed by atoms with van der Waals surface area (Å²) in [5.74, 6) is 2.79. The first kappa shape index (κ1) is 23.4. The van der Waals surface area contributed by atoms with E-state index in [-0.39, 0.29) is 5.97 Å². The van der Waals surface area contributed by atoms with Crippen LogP contribution < -0.4 is 14.2 Å². The van der Waals surface area contributed by atoms with Crippen LogP contribution in [0.15, 0.2) is 66.7 Å². The van der Waals surface area contributed by atoms with Gasteiger partial charge in [0, 0.05) is 16.2 Å². The van der Waals surface area contributed by atoms with Crippen LogP contribution in [0.5, 0.6) is 23.0 Å². The highest BCUT2D eigenvalue weighted by Crippen LogP contribution is 2.47. The quantitative estimate of drug-likeness (QED) is 0.199. The largest absolute Gasteiger partial charge is 0.497 e. The molecule has 1 heterocycles. The molecule has 0 fully saturated rings. The van der Waals surface area contributed by atoms with Gasteiger partial charge in [-0.15, -0.1) is 11.3 Å².